The lowest BCUT2D eigenvalue weighted by Crippen LogP contribution is -2.09. The van der Waals surface area contributed by atoms with Gasteiger partial charge in [-0.05, 0) is 42.2 Å². The minimum Gasteiger partial charge on any atom is -0.497 e. The minimum absolute atomic E-state index is 0.181. The summed E-state index contributed by atoms with van der Waals surface area (Å²) < 4.78 is 10.2. The number of hydrogen-bond acceptors (Lipinski definition) is 3. The quantitative estimate of drug-likeness (QED) is 0.763. The van der Waals surface area contributed by atoms with Crippen molar-refractivity contribution in [2.24, 2.45) is 0 Å². The first-order chi connectivity index (χ1) is 10.2. The van der Waals surface area contributed by atoms with Crippen LogP contribution in [0.3, 0.4) is 0 Å². The van der Waals surface area contributed by atoms with E-state index in [1.54, 1.807) is 7.11 Å². The van der Waals surface area contributed by atoms with Crippen molar-refractivity contribution in [2.45, 2.75) is 19.8 Å². The molecule has 0 unspecified atom stereocenters. The molecule has 0 aliphatic carbocycles. The van der Waals surface area contributed by atoms with Crippen molar-refractivity contribution < 1.29 is 14.3 Å². The number of carbonyl (C=O) groups excluding carboxylic acids is 1. The Bertz CT molecular complexity index is 588. The van der Waals surface area contributed by atoms with E-state index in [0.29, 0.717) is 13.0 Å². The van der Waals surface area contributed by atoms with Crippen molar-refractivity contribution in [2.75, 3.05) is 13.7 Å². The molecule has 0 saturated carbocycles. The monoisotopic (exact) mass is 284 g/mol. The summed E-state index contributed by atoms with van der Waals surface area (Å²) in [6, 6.07) is 16.0. The van der Waals surface area contributed by atoms with Crippen LogP contribution >= 0.6 is 0 Å². The third-order valence-electron chi connectivity index (χ3n) is 3.31. The van der Waals surface area contributed by atoms with Crippen LogP contribution in [0.2, 0.25) is 0 Å². The number of hydrogen-bond donors (Lipinski definition) is 0. The van der Waals surface area contributed by atoms with Crippen molar-refractivity contribution in [3.63, 3.8) is 0 Å². The van der Waals surface area contributed by atoms with E-state index in [1.165, 1.54) is 5.56 Å². The average Bonchev–Trinajstić information content (AvgIpc) is 2.50. The van der Waals surface area contributed by atoms with Crippen molar-refractivity contribution >= 4 is 5.97 Å². The van der Waals surface area contributed by atoms with Gasteiger partial charge in [0.2, 0.25) is 0 Å². The Morgan fingerprint density at radius 3 is 2.29 bits per heavy atom. The first kappa shape index (κ1) is 15.1. The van der Waals surface area contributed by atoms with Crippen molar-refractivity contribution in [1.29, 1.82) is 0 Å². The Hall–Kier alpha value is -2.29. The van der Waals surface area contributed by atoms with Gasteiger partial charge in [0.25, 0.3) is 0 Å². The molecule has 0 aliphatic rings. The number of ether oxygens (including phenoxy) is 2. The molecule has 0 spiro atoms. The van der Waals surface area contributed by atoms with Crippen LogP contribution in [0.15, 0.2) is 48.5 Å². The number of methoxy groups -OCH3 is 1. The summed E-state index contributed by atoms with van der Waals surface area (Å²) in [4.78, 5) is 11.7. The first-order valence-corrected chi connectivity index (χ1v) is 7.08. The fourth-order valence-electron chi connectivity index (χ4n) is 2.23. The molecule has 2 aromatic rings. The van der Waals surface area contributed by atoms with Crippen LogP contribution in [0, 0.1) is 0 Å². The standard InChI is InChI=1S/C18H20O3/c1-3-21-18(19)13-16-7-5-4-6-15(16)12-14-8-10-17(20-2)11-9-14/h4-11H,3,12-13H2,1-2H3. The molecule has 0 saturated heterocycles. The molecule has 3 nitrogen and oxygen atoms in total. The summed E-state index contributed by atoms with van der Waals surface area (Å²) in [5, 5.41) is 0. The van der Waals surface area contributed by atoms with E-state index in [1.807, 2.05) is 49.4 Å². The second-order valence-corrected chi connectivity index (χ2v) is 4.78. The molecule has 21 heavy (non-hydrogen) atoms. The van der Waals surface area contributed by atoms with Gasteiger partial charge in [-0.25, -0.2) is 0 Å². The van der Waals surface area contributed by atoms with Crippen LogP contribution in [0.5, 0.6) is 5.75 Å². The van der Waals surface area contributed by atoms with Crippen LogP contribution in [0.4, 0.5) is 0 Å². The molecule has 0 aromatic heterocycles. The molecule has 0 amide bonds. The van der Waals surface area contributed by atoms with Gasteiger partial charge in [0.05, 0.1) is 20.1 Å². The van der Waals surface area contributed by atoms with Gasteiger partial charge in [0, 0.05) is 0 Å². The molecule has 2 aromatic carbocycles. The van der Waals surface area contributed by atoms with Crippen LogP contribution < -0.4 is 4.74 Å². The second-order valence-electron chi connectivity index (χ2n) is 4.78. The lowest BCUT2D eigenvalue weighted by molar-refractivity contribution is -0.142. The topological polar surface area (TPSA) is 35.5 Å². The second kappa shape index (κ2) is 7.48. The maximum Gasteiger partial charge on any atom is 0.310 e. The predicted molar refractivity (Wildman–Crippen MR) is 82.6 cm³/mol. The lowest BCUT2D eigenvalue weighted by Gasteiger charge is -2.10. The molecule has 0 fully saturated rings. The summed E-state index contributed by atoms with van der Waals surface area (Å²) in [6.07, 6.45) is 1.11. The summed E-state index contributed by atoms with van der Waals surface area (Å²) in [6.45, 7) is 2.24. The van der Waals surface area contributed by atoms with Gasteiger partial charge >= 0.3 is 5.97 Å². The molecule has 0 N–H and O–H groups in total. The molecular weight excluding hydrogens is 264 g/mol. The molecule has 0 heterocycles. The van der Waals surface area contributed by atoms with Gasteiger partial charge in [-0.1, -0.05) is 36.4 Å². The lowest BCUT2D eigenvalue weighted by atomic mass is 9.98. The summed E-state index contributed by atoms with van der Waals surface area (Å²) in [5.74, 6) is 0.665. The summed E-state index contributed by atoms with van der Waals surface area (Å²) in [7, 11) is 1.66. The zero-order valence-electron chi connectivity index (χ0n) is 12.5. The van der Waals surface area contributed by atoms with E-state index in [0.717, 1.165) is 23.3 Å². The van der Waals surface area contributed by atoms with Crippen LogP contribution in [-0.4, -0.2) is 19.7 Å². The molecule has 0 atom stereocenters. The van der Waals surface area contributed by atoms with Crippen LogP contribution in [0.1, 0.15) is 23.6 Å². The van der Waals surface area contributed by atoms with E-state index >= 15 is 0 Å². The molecule has 2 rings (SSSR count). The molecule has 110 valence electrons. The highest BCUT2D eigenvalue weighted by Crippen LogP contribution is 2.18. The molecule has 0 radical (unpaired) electrons. The number of esters is 1. The molecular formula is C18H20O3. The van der Waals surface area contributed by atoms with E-state index < -0.39 is 0 Å². The highest BCUT2D eigenvalue weighted by atomic mass is 16.5. The molecule has 3 heteroatoms. The zero-order chi connectivity index (χ0) is 15.1. The average molecular weight is 284 g/mol. The highest BCUT2D eigenvalue weighted by molar-refractivity contribution is 5.73. The van der Waals surface area contributed by atoms with E-state index in [9.17, 15) is 4.79 Å². The SMILES string of the molecule is CCOC(=O)Cc1ccccc1Cc1ccc(OC)cc1. The Labute approximate surface area is 125 Å². The number of carbonyl (C=O) groups is 1. The minimum atomic E-state index is -0.181. The van der Waals surface area contributed by atoms with Gasteiger partial charge in [-0.2, -0.15) is 0 Å². The van der Waals surface area contributed by atoms with Crippen LogP contribution in [0.25, 0.3) is 0 Å². The highest BCUT2D eigenvalue weighted by Gasteiger charge is 2.09. The van der Waals surface area contributed by atoms with Crippen molar-refractivity contribution in [3.8, 4) is 5.75 Å². The van der Waals surface area contributed by atoms with E-state index in [2.05, 4.69) is 6.07 Å². The fourth-order valence-corrected chi connectivity index (χ4v) is 2.23. The van der Waals surface area contributed by atoms with Crippen molar-refractivity contribution in [1.82, 2.24) is 0 Å². The molecule has 0 bridgehead atoms. The normalized spacial score (nSPS) is 10.2. The first-order valence-electron chi connectivity index (χ1n) is 7.08. The van der Waals surface area contributed by atoms with E-state index in [4.69, 9.17) is 9.47 Å². The maximum atomic E-state index is 11.7. The Kier molecular flexibility index (Phi) is 5.38. The van der Waals surface area contributed by atoms with Gasteiger partial charge in [0.1, 0.15) is 5.75 Å². The third kappa shape index (κ3) is 4.35. The largest absolute Gasteiger partial charge is 0.497 e. The Balaban J connectivity index is 2.13. The Morgan fingerprint density at radius 2 is 1.67 bits per heavy atom. The Morgan fingerprint density at radius 1 is 1.00 bits per heavy atom. The van der Waals surface area contributed by atoms with Crippen LogP contribution in [-0.2, 0) is 22.4 Å². The summed E-state index contributed by atoms with van der Waals surface area (Å²) >= 11 is 0. The third-order valence-corrected chi connectivity index (χ3v) is 3.31. The number of benzene rings is 2. The fraction of sp³-hybridized carbons (Fsp3) is 0.278. The van der Waals surface area contributed by atoms with Gasteiger partial charge in [-0.3, -0.25) is 4.79 Å². The van der Waals surface area contributed by atoms with Gasteiger partial charge in [-0.15, -0.1) is 0 Å². The number of rotatable bonds is 6. The predicted octanol–water partition coefficient (Wildman–Crippen LogP) is 3.39. The van der Waals surface area contributed by atoms with E-state index in [-0.39, 0.29) is 5.97 Å². The summed E-state index contributed by atoms with van der Waals surface area (Å²) in [5.41, 5.74) is 3.36. The zero-order valence-corrected chi connectivity index (χ0v) is 12.5. The maximum absolute atomic E-state index is 11.7. The van der Waals surface area contributed by atoms with Gasteiger partial charge < -0.3 is 9.47 Å². The smallest absolute Gasteiger partial charge is 0.310 e. The molecule has 0 aliphatic heterocycles. The van der Waals surface area contributed by atoms with Crippen molar-refractivity contribution in [3.05, 3.63) is 65.2 Å². The van der Waals surface area contributed by atoms with Gasteiger partial charge in [0.15, 0.2) is 0 Å².